The minimum atomic E-state index is -0.381. The van der Waals surface area contributed by atoms with Crippen LogP contribution < -0.4 is 0 Å². The fourth-order valence-corrected chi connectivity index (χ4v) is 5.98. The Bertz CT molecular complexity index is 900. The van der Waals surface area contributed by atoms with Crippen LogP contribution in [0.2, 0.25) is 5.02 Å². The Morgan fingerprint density at radius 3 is 2.57 bits per heavy atom. The van der Waals surface area contributed by atoms with Crippen molar-refractivity contribution in [2.75, 3.05) is 13.1 Å². The highest BCUT2D eigenvalue weighted by Crippen LogP contribution is 2.44. The Labute approximate surface area is 183 Å². The van der Waals surface area contributed by atoms with Crippen molar-refractivity contribution in [2.45, 2.75) is 82.1 Å². The number of piperidine rings is 1. The Morgan fingerprint density at radius 2 is 1.77 bits per heavy atom. The van der Waals surface area contributed by atoms with Crippen LogP contribution in [0, 0.1) is 0 Å². The molecule has 1 aromatic heterocycles. The number of nitrogens with zero attached hydrogens (tertiary/aromatic N) is 4. The first-order valence-corrected chi connectivity index (χ1v) is 12.0. The minimum absolute atomic E-state index is 0.297. The molecule has 1 saturated heterocycles. The molecule has 2 aliphatic heterocycles. The van der Waals surface area contributed by atoms with Crippen LogP contribution in [-0.4, -0.2) is 38.7 Å². The molecule has 3 aliphatic rings. The monoisotopic (exact) mass is 426 g/mol. The molecule has 30 heavy (non-hydrogen) atoms. The van der Waals surface area contributed by atoms with E-state index in [2.05, 4.69) is 31.8 Å². The summed E-state index contributed by atoms with van der Waals surface area (Å²) >= 11 is 6.13. The first-order chi connectivity index (χ1) is 14.7. The molecule has 1 amide bonds. The second-order valence-electron chi connectivity index (χ2n) is 9.32. The summed E-state index contributed by atoms with van der Waals surface area (Å²) in [5.41, 5.74) is 0.752. The minimum Gasteiger partial charge on any atom is -0.341 e. The van der Waals surface area contributed by atoms with E-state index in [1.807, 2.05) is 12.1 Å². The fourth-order valence-electron chi connectivity index (χ4n) is 5.86. The molecule has 3 heterocycles. The Balaban J connectivity index is 1.39. The predicted molar refractivity (Wildman–Crippen MR) is 118 cm³/mol. The van der Waals surface area contributed by atoms with Gasteiger partial charge in [0.1, 0.15) is 11.6 Å². The predicted octanol–water partition coefficient (Wildman–Crippen LogP) is 4.88. The van der Waals surface area contributed by atoms with Gasteiger partial charge in [-0.3, -0.25) is 4.79 Å². The second-order valence-corrected chi connectivity index (χ2v) is 9.76. The van der Waals surface area contributed by atoms with E-state index in [0.29, 0.717) is 11.8 Å². The lowest BCUT2D eigenvalue weighted by Gasteiger charge is -2.39. The van der Waals surface area contributed by atoms with Crippen LogP contribution in [-0.2, 0) is 23.2 Å². The number of likely N-dealkylation sites (tertiary alicyclic amines) is 1. The number of aromatic nitrogens is 3. The maximum atomic E-state index is 13.9. The third kappa shape index (κ3) is 3.55. The van der Waals surface area contributed by atoms with Gasteiger partial charge in [0.15, 0.2) is 0 Å². The Morgan fingerprint density at radius 1 is 0.967 bits per heavy atom. The zero-order chi connectivity index (χ0) is 20.6. The van der Waals surface area contributed by atoms with Crippen molar-refractivity contribution in [3.8, 4) is 0 Å². The molecule has 2 fully saturated rings. The lowest BCUT2D eigenvalue weighted by molar-refractivity contribution is -0.138. The van der Waals surface area contributed by atoms with Gasteiger partial charge in [0.25, 0.3) is 0 Å². The average molecular weight is 427 g/mol. The van der Waals surface area contributed by atoms with E-state index >= 15 is 0 Å². The van der Waals surface area contributed by atoms with Gasteiger partial charge in [-0.25, -0.2) is 0 Å². The molecule has 2 aromatic rings. The van der Waals surface area contributed by atoms with Crippen LogP contribution in [0.4, 0.5) is 0 Å². The van der Waals surface area contributed by atoms with Crippen LogP contribution in [0.1, 0.15) is 80.9 Å². The number of fused-ring (bicyclic) bond motifs is 1. The average Bonchev–Trinajstić information content (AvgIpc) is 3.36. The molecule has 1 atom stereocenters. The lowest BCUT2D eigenvalue weighted by Crippen LogP contribution is -2.49. The number of carbonyl (C=O) groups excluding carboxylic acids is 1. The van der Waals surface area contributed by atoms with Crippen LogP contribution in [0.15, 0.2) is 24.3 Å². The molecule has 5 nitrogen and oxygen atoms in total. The van der Waals surface area contributed by atoms with Gasteiger partial charge in [0, 0.05) is 37.0 Å². The number of rotatable bonds is 3. The summed E-state index contributed by atoms with van der Waals surface area (Å²) in [6.07, 6.45) is 10.9. The van der Waals surface area contributed by atoms with Gasteiger partial charge in [-0.15, -0.1) is 10.2 Å². The lowest BCUT2D eigenvalue weighted by atomic mass is 9.77. The first kappa shape index (κ1) is 20.0. The maximum Gasteiger partial charge on any atom is 0.233 e. The van der Waals surface area contributed by atoms with Crippen LogP contribution in [0.25, 0.3) is 0 Å². The van der Waals surface area contributed by atoms with E-state index in [0.717, 1.165) is 86.8 Å². The quantitative estimate of drug-likeness (QED) is 0.703. The molecule has 0 spiro atoms. The number of amides is 1. The van der Waals surface area contributed by atoms with Crippen LogP contribution >= 0.6 is 11.6 Å². The number of carbonyl (C=O) groups is 1. The molecule has 1 aliphatic carbocycles. The standard InChI is InChI=1S/C24H31ClN4O/c25-20-11-9-19(10-12-20)24(13-3-4-14-24)23(30)28-15-6-7-18(17-28)22-27-26-21-8-2-1-5-16-29(21)22/h9-12,18H,1-8,13-17H2. The smallest absolute Gasteiger partial charge is 0.233 e. The normalized spacial score (nSPS) is 23.8. The molecule has 0 bridgehead atoms. The van der Waals surface area contributed by atoms with E-state index in [4.69, 9.17) is 11.6 Å². The van der Waals surface area contributed by atoms with E-state index in [1.165, 1.54) is 19.3 Å². The highest BCUT2D eigenvalue weighted by Gasteiger charge is 2.46. The number of halogens is 1. The number of aryl methyl sites for hydroxylation is 1. The highest BCUT2D eigenvalue weighted by atomic mass is 35.5. The molecule has 1 saturated carbocycles. The van der Waals surface area contributed by atoms with Crippen molar-refractivity contribution in [3.63, 3.8) is 0 Å². The fraction of sp³-hybridized carbons (Fsp3) is 0.625. The third-order valence-corrected chi connectivity index (χ3v) is 7.73. The summed E-state index contributed by atoms with van der Waals surface area (Å²) in [4.78, 5) is 16.0. The van der Waals surface area contributed by atoms with Gasteiger partial charge in [0.05, 0.1) is 5.41 Å². The largest absolute Gasteiger partial charge is 0.341 e. The molecule has 1 aromatic carbocycles. The van der Waals surface area contributed by atoms with Crippen molar-refractivity contribution in [1.29, 1.82) is 0 Å². The molecule has 5 rings (SSSR count). The van der Waals surface area contributed by atoms with Gasteiger partial charge in [0.2, 0.25) is 5.91 Å². The first-order valence-electron chi connectivity index (χ1n) is 11.6. The number of hydrogen-bond acceptors (Lipinski definition) is 3. The molecule has 6 heteroatoms. The maximum absolute atomic E-state index is 13.9. The zero-order valence-electron chi connectivity index (χ0n) is 17.7. The summed E-state index contributed by atoms with van der Waals surface area (Å²) in [5, 5.41) is 9.83. The Hall–Kier alpha value is -1.88. The Kier molecular flexibility index (Phi) is 5.57. The summed E-state index contributed by atoms with van der Waals surface area (Å²) in [5.74, 6) is 2.85. The molecule has 0 radical (unpaired) electrons. The van der Waals surface area contributed by atoms with E-state index < -0.39 is 0 Å². The van der Waals surface area contributed by atoms with Crippen LogP contribution in [0.3, 0.4) is 0 Å². The summed E-state index contributed by atoms with van der Waals surface area (Å²) in [7, 11) is 0. The second kappa shape index (κ2) is 8.33. The summed E-state index contributed by atoms with van der Waals surface area (Å²) in [6.45, 7) is 2.65. The van der Waals surface area contributed by atoms with E-state index in [-0.39, 0.29) is 5.41 Å². The molecule has 160 valence electrons. The van der Waals surface area contributed by atoms with Gasteiger partial charge < -0.3 is 9.47 Å². The number of hydrogen-bond donors (Lipinski definition) is 0. The van der Waals surface area contributed by atoms with Crippen molar-refractivity contribution in [1.82, 2.24) is 19.7 Å². The van der Waals surface area contributed by atoms with Gasteiger partial charge in [-0.2, -0.15) is 0 Å². The zero-order valence-corrected chi connectivity index (χ0v) is 18.4. The van der Waals surface area contributed by atoms with Crippen LogP contribution in [0.5, 0.6) is 0 Å². The third-order valence-electron chi connectivity index (χ3n) is 7.48. The van der Waals surface area contributed by atoms with Crippen molar-refractivity contribution < 1.29 is 4.79 Å². The molecular weight excluding hydrogens is 396 g/mol. The summed E-state index contributed by atoms with van der Waals surface area (Å²) in [6, 6.07) is 7.97. The van der Waals surface area contributed by atoms with Gasteiger partial charge in [-0.05, 0) is 56.2 Å². The molecule has 1 unspecified atom stereocenters. The highest BCUT2D eigenvalue weighted by molar-refractivity contribution is 6.30. The summed E-state index contributed by atoms with van der Waals surface area (Å²) < 4.78 is 2.36. The molecular formula is C24H31ClN4O. The van der Waals surface area contributed by atoms with Gasteiger partial charge in [-0.1, -0.05) is 43.0 Å². The van der Waals surface area contributed by atoms with Gasteiger partial charge >= 0.3 is 0 Å². The molecule has 0 N–H and O–H groups in total. The van der Waals surface area contributed by atoms with E-state index in [1.54, 1.807) is 0 Å². The topological polar surface area (TPSA) is 51.0 Å². The van der Waals surface area contributed by atoms with Crippen molar-refractivity contribution in [3.05, 3.63) is 46.5 Å². The van der Waals surface area contributed by atoms with Crippen molar-refractivity contribution in [2.24, 2.45) is 0 Å². The number of benzene rings is 1. The SMILES string of the molecule is O=C(N1CCCC(c2nnc3n2CCCCC3)C1)C1(c2ccc(Cl)cc2)CCCC1. The van der Waals surface area contributed by atoms with E-state index in [9.17, 15) is 4.79 Å². The van der Waals surface area contributed by atoms with Crippen molar-refractivity contribution >= 4 is 17.5 Å².